The van der Waals surface area contributed by atoms with Gasteiger partial charge in [-0.3, -0.25) is 4.79 Å². The second-order valence-electron chi connectivity index (χ2n) is 5.03. The van der Waals surface area contributed by atoms with Crippen molar-refractivity contribution in [2.45, 2.75) is 44.7 Å². The number of aryl methyl sites for hydroxylation is 1. The van der Waals surface area contributed by atoms with Crippen LogP contribution in [-0.2, 0) is 11.3 Å². The van der Waals surface area contributed by atoms with E-state index >= 15 is 0 Å². The maximum atomic E-state index is 12.0. The number of rotatable bonds is 3. The lowest BCUT2D eigenvalue weighted by atomic mass is 9.98. The fraction of sp³-hybridized carbons (Fsp3) is 0.500. The van der Waals surface area contributed by atoms with Crippen LogP contribution < -0.4 is 11.1 Å². The molecule has 1 aromatic carbocycles. The zero-order valence-electron chi connectivity index (χ0n) is 10.3. The molecule has 1 aromatic rings. The molecule has 0 aromatic heterocycles. The van der Waals surface area contributed by atoms with Crippen molar-refractivity contribution >= 4 is 5.91 Å². The molecule has 0 atom stereocenters. The summed E-state index contributed by atoms with van der Waals surface area (Å²) in [5.74, 6) is -0.00410. The average Bonchev–Trinajstić information content (AvgIpc) is 2.76. The first-order chi connectivity index (χ1) is 8.10. The van der Waals surface area contributed by atoms with Gasteiger partial charge in [0.05, 0.1) is 5.54 Å². The second kappa shape index (κ2) is 4.88. The topological polar surface area (TPSA) is 55.1 Å². The minimum absolute atomic E-state index is 0.00410. The monoisotopic (exact) mass is 232 g/mol. The molecule has 3 nitrogen and oxygen atoms in total. The SMILES string of the molecule is Cc1ccc(CNC(=O)C2(N)CCCC2)cc1. The summed E-state index contributed by atoms with van der Waals surface area (Å²) in [7, 11) is 0. The lowest BCUT2D eigenvalue weighted by Crippen LogP contribution is -2.51. The van der Waals surface area contributed by atoms with Crippen molar-refractivity contribution in [3.63, 3.8) is 0 Å². The molecule has 3 N–H and O–H groups in total. The zero-order valence-corrected chi connectivity index (χ0v) is 10.3. The number of hydrogen-bond acceptors (Lipinski definition) is 2. The predicted octanol–water partition coefficient (Wildman–Crippen LogP) is 1.88. The van der Waals surface area contributed by atoms with Gasteiger partial charge in [0.2, 0.25) is 5.91 Å². The van der Waals surface area contributed by atoms with Crippen molar-refractivity contribution in [1.29, 1.82) is 0 Å². The molecule has 1 aliphatic carbocycles. The lowest BCUT2D eigenvalue weighted by molar-refractivity contribution is -0.126. The lowest BCUT2D eigenvalue weighted by Gasteiger charge is -2.22. The third-order valence-corrected chi connectivity index (χ3v) is 3.52. The minimum atomic E-state index is -0.620. The maximum absolute atomic E-state index is 12.0. The minimum Gasteiger partial charge on any atom is -0.350 e. The number of amides is 1. The van der Waals surface area contributed by atoms with Gasteiger partial charge in [-0.2, -0.15) is 0 Å². The standard InChI is InChI=1S/C14H20N2O/c1-11-4-6-12(7-5-11)10-16-13(17)14(15)8-2-3-9-14/h4-7H,2-3,8-10,15H2,1H3,(H,16,17). The number of benzene rings is 1. The fourth-order valence-corrected chi connectivity index (χ4v) is 2.30. The quantitative estimate of drug-likeness (QED) is 0.836. The van der Waals surface area contributed by atoms with E-state index in [0.717, 1.165) is 31.2 Å². The summed E-state index contributed by atoms with van der Waals surface area (Å²) in [5.41, 5.74) is 7.80. The largest absolute Gasteiger partial charge is 0.350 e. The molecule has 1 amide bonds. The van der Waals surface area contributed by atoms with E-state index in [1.54, 1.807) is 0 Å². The zero-order chi connectivity index (χ0) is 12.3. The Bertz CT molecular complexity index is 391. The molecule has 1 saturated carbocycles. The van der Waals surface area contributed by atoms with Crippen molar-refractivity contribution in [3.8, 4) is 0 Å². The molecule has 0 heterocycles. The molecule has 0 saturated heterocycles. The molecule has 0 radical (unpaired) electrons. The molecule has 1 fully saturated rings. The van der Waals surface area contributed by atoms with Crippen molar-refractivity contribution in [3.05, 3.63) is 35.4 Å². The molecule has 0 aliphatic heterocycles. The molecule has 0 unspecified atom stereocenters. The number of nitrogens with one attached hydrogen (secondary N) is 1. The molecular weight excluding hydrogens is 212 g/mol. The Morgan fingerprint density at radius 2 is 1.88 bits per heavy atom. The highest BCUT2D eigenvalue weighted by molar-refractivity contribution is 5.86. The Kier molecular flexibility index (Phi) is 3.48. The highest BCUT2D eigenvalue weighted by Crippen LogP contribution is 2.27. The average molecular weight is 232 g/mol. The Morgan fingerprint density at radius 3 is 2.47 bits per heavy atom. The predicted molar refractivity (Wildman–Crippen MR) is 68.4 cm³/mol. The summed E-state index contributed by atoms with van der Waals surface area (Å²) in [4.78, 5) is 12.0. The van der Waals surface area contributed by atoms with Crippen LogP contribution in [0.3, 0.4) is 0 Å². The third-order valence-electron chi connectivity index (χ3n) is 3.52. The van der Waals surface area contributed by atoms with Crippen LogP contribution in [0.15, 0.2) is 24.3 Å². The van der Waals surface area contributed by atoms with E-state index < -0.39 is 5.54 Å². The van der Waals surface area contributed by atoms with E-state index in [9.17, 15) is 4.79 Å². The van der Waals surface area contributed by atoms with Crippen LogP contribution in [0.2, 0.25) is 0 Å². The molecule has 2 rings (SSSR count). The van der Waals surface area contributed by atoms with Crippen molar-refractivity contribution in [2.24, 2.45) is 5.73 Å². The van der Waals surface area contributed by atoms with E-state index in [2.05, 4.69) is 24.4 Å². The molecule has 92 valence electrons. The van der Waals surface area contributed by atoms with Gasteiger partial charge in [-0.05, 0) is 25.3 Å². The van der Waals surface area contributed by atoms with Gasteiger partial charge in [-0.25, -0.2) is 0 Å². The number of carbonyl (C=O) groups excluding carboxylic acids is 1. The van der Waals surface area contributed by atoms with E-state index in [1.165, 1.54) is 5.56 Å². The molecule has 17 heavy (non-hydrogen) atoms. The smallest absolute Gasteiger partial charge is 0.240 e. The normalized spacial score (nSPS) is 18.0. The summed E-state index contributed by atoms with van der Waals surface area (Å²) in [6, 6.07) is 8.17. The number of nitrogens with two attached hydrogens (primary N) is 1. The Hall–Kier alpha value is -1.35. The van der Waals surface area contributed by atoms with Gasteiger partial charge in [0.25, 0.3) is 0 Å². The first-order valence-electron chi connectivity index (χ1n) is 6.23. The van der Waals surface area contributed by atoms with Gasteiger partial charge in [-0.1, -0.05) is 42.7 Å². The molecular formula is C14H20N2O. The van der Waals surface area contributed by atoms with Gasteiger partial charge >= 0.3 is 0 Å². The molecule has 0 spiro atoms. The van der Waals surface area contributed by atoms with E-state index in [0.29, 0.717) is 6.54 Å². The van der Waals surface area contributed by atoms with Crippen molar-refractivity contribution in [1.82, 2.24) is 5.32 Å². The second-order valence-corrected chi connectivity index (χ2v) is 5.03. The summed E-state index contributed by atoms with van der Waals surface area (Å²) in [6.07, 6.45) is 3.75. The van der Waals surface area contributed by atoms with Gasteiger partial charge in [-0.15, -0.1) is 0 Å². The summed E-state index contributed by atoms with van der Waals surface area (Å²) >= 11 is 0. The first kappa shape index (κ1) is 12.1. The van der Waals surface area contributed by atoms with Crippen LogP contribution in [-0.4, -0.2) is 11.4 Å². The van der Waals surface area contributed by atoms with Crippen molar-refractivity contribution < 1.29 is 4.79 Å². The third kappa shape index (κ3) is 2.86. The highest BCUT2D eigenvalue weighted by atomic mass is 16.2. The number of hydrogen-bond donors (Lipinski definition) is 2. The van der Waals surface area contributed by atoms with Crippen LogP contribution in [0.25, 0.3) is 0 Å². The van der Waals surface area contributed by atoms with Crippen LogP contribution in [0.5, 0.6) is 0 Å². The molecule has 1 aliphatic rings. The van der Waals surface area contributed by atoms with Gasteiger partial charge in [0, 0.05) is 6.54 Å². The Labute approximate surface area is 102 Å². The van der Waals surface area contributed by atoms with E-state index in [1.807, 2.05) is 12.1 Å². The fourth-order valence-electron chi connectivity index (χ4n) is 2.30. The molecule has 3 heteroatoms. The Balaban J connectivity index is 1.89. The first-order valence-corrected chi connectivity index (χ1v) is 6.23. The number of carbonyl (C=O) groups is 1. The molecule has 0 bridgehead atoms. The highest BCUT2D eigenvalue weighted by Gasteiger charge is 2.36. The maximum Gasteiger partial charge on any atom is 0.240 e. The van der Waals surface area contributed by atoms with Crippen LogP contribution in [0, 0.1) is 6.92 Å². The van der Waals surface area contributed by atoms with Crippen molar-refractivity contribution in [2.75, 3.05) is 0 Å². The van der Waals surface area contributed by atoms with E-state index in [-0.39, 0.29) is 5.91 Å². The van der Waals surface area contributed by atoms with E-state index in [4.69, 9.17) is 5.73 Å². The van der Waals surface area contributed by atoms with Crippen LogP contribution >= 0.6 is 0 Å². The summed E-state index contributed by atoms with van der Waals surface area (Å²) in [5, 5.41) is 2.94. The Morgan fingerprint density at radius 1 is 1.29 bits per heavy atom. The van der Waals surface area contributed by atoms with Crippen LogP contribution in [0.4, 0.5) is 0 Å². The summed E-state index contributed by atoms with van der Waals surface area (Å²) in [6.45, 7) is 2.62. The van der Waals surface area contributed by atoms with Gasteiger partial charge < -0.3 is 11.1 Å². The van der Waals surface area contributed by atoms with Crippen LogP contribution in [0.1, 0.15) is 36.8 Å². The van der Waals surface area contributed by atoms with Gasteiger partial charge in [0.1, 0.15) is 0 Å². The van der Waals surface area contributed by atoms with Gasteiger partial charge in [0.15, 0.2) is 0 Å². The summed E-state index contributed by atoms with van der Waals surface area (Å²) < 4.78 is 0.